The van der Waals surface area contributed by atoms with Crippen LogP contribution in [0.1, 0.15) is 25.5 Å². The molecule has 4 unspecified atom stereocenters. The van der Waals surface area contributed by atoms with Crippen molar-refractivity contribution in [1.29, 1.82) is 0 Å². The summed E-state index contributed by atoms with van der Waals surface area (Å²) >= 11 is 3.98. The predicted molar refractivity (Wildman–Crippen MR) is 110 cm³/mol. The van der Waals surface area contributed by atoms with E-state index in [1.165, 1.54) is 19.4 Å². The van der Waals surface area contributed by atoms with Crippen LogP contribution in [0.2, 0.25) is 0 Å². The number of hydrogen-bond acceptors (Lipinski definition) is 8. The first kappa shape index (κ1) is 25.9. The highest BCUT2D eigenvalue weighted by atomic mass is 32.1. The van der Waals surface area contributed by atoms with Crippen molar-refractivity contribution in [2.75, 3.05) is 5.75 Å². The number of carboxylic acids is 2. The molecule has 8 N–H and O–H groups in total. The number of carbonyl (C=O) groups excluding carboxylic acids is 3. The number of carbonyl (C=O) groups is 5. The second-order valence-corrected chi connectivity index (χ2v) is 7.06. The van der Waals surface area contributed by atoms with Crippen molar-refractivity contribution in [2.45, 2.75) is 50.4 Å². The third-order valence-electron chi connectivity index (χ3n) is 4.16. The van der Waals surface area contributed by atoms with Crippen LogP contribution < -0.4 is 21.7 Å². The molecule has 13 nitrogen and oxygen atoms in total. The molecule has 0 bridgehead atoms. The third-order valence-corrected chi connectivity index (χ3v) is 4.53. The monoisotopic (exact) mass is 458 g/mol. The summed E-state index contributed by atoms with van der Waals surface area (Å²) in [5, 5.41) is 24.7. The fourth-order valence-electron chi connectivity index (χ4n) is 2.40. The molecule has 172 valence electrons. The summed E-state index contributed by atoms with van der Waals surface area (Å²) in [5.41, 5.74) is 6.44. The van der Waals surface area contributed by atoms with E-state index in [1.807, 2.05) is 0 Å². The average Bonchev–Trinajstić information content (AvgIpc) is 3.21. The van der Waals surface area contributed by atoms with Gasteiger partial charge in [-0.1, -0.05) is 0 Å². The molecule has 0 aliphatic heterocycles. The molecular weight excluding hydrogens is 432 g/mol. The van der Waals surface area contributed by atoms with E-state index in [4.69, 9.17) is 15.9 Å². The smallest absolute Gasteiger partial charge is 0.326 e. The number of nitrogens with zero attached hydrogens (tertiary/aromatic N) is 1. The van der Waals surface area contributed by atoms with Gasteiger partial charge in [0.15, 0.2) is 0 Å². The van der Waals surface area contributed by atoms with Gasteiger partial charge >= 0.3 is 11.9 Å². The van der Waals surface area contributed by atoms with E-state index < -0.39 is 60.2 Å². The molecule has 0 saturated heterocycles. The Labute approximate surface area is 183 Å². The van der Waals surface area contributed by atoms with Gasteiger partial charge in [-0.3, -0.25) is 19.2 Å². The zero-order valence-corrected chi connectivity index (χ0v) is 17.6. The van der Waals surface area contributed by atoms with Gasteiger partial charge in [-0.2, -0.15) is 12.6 Å². The Morgan fingerprint density at radius 2 is 1.74 bits per heavy atom. The summed E-state index contributed by atoms with van der Waals surface area (Å²) in [6.07, 6.45) is 2.34. The highest BCUT2D eigenvalue weighted by Crippen LogP contribution is 2.01. The van der Waals surface area contributed by atoms with Gasteiger partial charge in [0.25, 0.3) is 0 Å². The van der Waals surface area contributed by atoms with E-state index in [-0.39, 0.29) is 18.6 Å². The molecule has 1 aromatic rings. The number of aromatic nitrogens is 2. The van der Waals surface area contributed by atoms with Crippen LogP contribution in [0.3, 0.4) is 0 Å². The SMILES string of the molecule is CC(NC(=O)C(N)Cc1cnc[nH]1)C(=O)NC(CS)C(=O)NC(CCC(=O)O)C(=O)O. The van der Waals surface area contributed by atoms with Crippen LogP contribution in [0.25, 0.3) is 0 Å². The van der Waals surface area contributed by atoms with Gasteiger partial charge in [-0.15, -0.1) is 0 Å². The van der Waals surface area contributed by atoms with Gasteiger partial charge < -0.3 is 36.9 Å². The maximum absolute atomic E-state index is 12.3. The fourth-order valence-corrected chi connectivity index (χ4v) is 2.66. The lowest BCUT2D eigenvalue weighted by molar-refractivity contribution is -0.143. The molecule has 14 heteroatoms. The van der Waals surface area contributed by atoms with E-state index in [2.05, 4.69) is 38.5 Å². The van der Waals surface area contributed by atoms with Crippen LogP contribution in [0, 0.1) is 0 Å². The molecule has 0 aromatic carbocycles. The zero-order chi connectivity index (χ0) is 23.6. The van der Waals surface area contributed by atoms with E-state index in [0.717, 1.165) is 0 Å². The molecule has 0 spiro atoms. The minimum Gasteiger partial charge on any atom is -0.481 e. The lowest BCUT2D eigenvalue weighted by atomic mass is 10.1. The highest BCUT2D eigenvalue weighted by Gasteiger charge is 2.28. The Morgan fingerprint density at radius 3 is 2.26 bits per heavy atom. The highest BCUT2D eigenvalue weighted by molar-refractivity contribution is 7.80. The molecule has 3 amide bonds. The number of carboxylic acid groups (broad SMARTS) is 2. The van der Waals surface area contributed by atoms with Crippen molar-refractivity contribution in [3.63, 3.8) is 0 Å². The summed E-state index contributed by atoms with van der Waals surface area (Å²) in [7, 11) is 0. The van der Waals surface area contributed by atoms with Crippen molar-refractivity contribution in [3.05, 3.63) is 18.2 Å². The second-order valence-electron chi connectivity index (χ2n) is 6.69. The lowest BCUT2D eigenvalue weighted by Gasteiger charge is -2.22. The number of H-pyrrole nitrogens is 1. The number of hydrogen-bond donors (Lipinski definition) is 8. The van der Waals surface area contributed by atoms with E-state index in [0.29, 0.717) is 5.69 Å². The lowest BCUT2D eigenvalue weighted by Crippen LogP contribution is -2.57. The Bertz CT molecular complexity index is 788. The molecule has 0 fully saturated rings. The second kappa shape index (κ2) is 12.5. The van der Waals surface area contributed by atoms with E-state index in [9.17, 15) is 24.0 Å². The Hall–Kier alpha value is -3.13. The summed E-state index contributed by atoms with van der Waals surface area (Å²) in [6.45, 7) is 1.39. The van der Waals surface area contributed by atoms with Crippen LogP contribution in [0.5, 0.6) is 0 Å². The quantitative estimate of drug-likeness (QED) is 0.148. The zero-order valence-electron chi connectivity index (χ0n) is 16.7. The minimum atomic E-state index is -1.44. The summed E-state index contributed by atoms with van der Waals surface area (Å²) in [5.74, 6) is -4.95. The number of nitrogens with one attached hydrogen (secondary N) is 4. The largest absolute Gasteiger partial charge is 0.481 e. The Balaban J connectivity index is 2.60. The van der Waals surface area contributed by atoms with Gasteiger partial charge in [0.1, 0.15) is 18.1 Å². The van der Waals surface area contributed by atoms with E-state index >= 15 is 0 Å². The molecule has 0 aliphatic carbocycles. The Kier molecular flexibility index (Phi) is 10.5. The first-order chi connectivity index (χ1) is 14.5. The standard InChI is InChI=1S/C17H26N6O7S/c1-8(21-15(27)10(18)4-9-5-19-7-20-9)14(26)23-12(6-31)16(28)22-11(17(29)30)2-3-13(24)25/h5,7-8,10-12,31H,2-4,6,18H2,1H3,(H,19,20)(H,21,27)(H,22,28)(H,23,26)(H,24,25)(H,29,30). The summed E-state index contributed by atoms with van der Waals surface area (Å²) in [6, 6.07) is -4.64. The number of aliphatic carboxylic acids is 2. The average molecular weight is 458 g/mol. The van der Waals surface area contributed by atoms with Gasteiger partial charge in [0, 0.05) is 30.5 Å². The van der Waals surface area contributed by atoms with E-state index in [1.54, 1.807) is 0 Å². The molecule has 1 heterocycles. The van der Waals surface area contributed by atoms with Gasteiger partial charge in [-0.25, -0.2) is 9.78 Å². The van der Waals surface area contributed by atoms with Crippen LogP contribution in [-0.2, 0) is 30.4 Å². The topological polar surface area (TPSA) is 217 Å². The summed E-state index contributed by atoms with van der Waals surface area (Å²) in [4.78, 5) is 65.3. The van der Waals surface area contributed by atoms with Crippen molar-refractivity contribution in [1.82, 2.24) is 25.9 Å². The molecule has 4 atom stereocenters. The van der Waals surface area contributed by atoms with Crippen molar-refractivity contribution < 1.29 is 34.2 Å². The maximum Gasteiger partial charge on any atom is 0.326 e. The number of aromatic amines is 1. The number of amides is 3. The molecule has 0 aliphatic rings. The molecule has 1 rings (SSSR count). The number of imidazole rings is 1. The van der Waals surface area contributed by atoms with Crippen LogP contribution >= 0.6 is 12.6 Å². The molecule has 0 radical (unpaired) electrons. The first-order valence-electron chi connectivity index (χ1n) is 9.24. The fraction of sp³-hybridized carbons (Fsp3) is 0.529. The van der Waals surface area contributed by atoms with Crippen LogP contribution in [0.4, 0.5) is 0 Å². The van der Waals surface area contributed by atoms with Gasteiger partial charge in [0.05, 0.1) is 12.4 Å². The number of nitrogens with two attached hydrogens (primary N) is 1. The van der Waals surface area contributed by atoms with Crippen LogP contribution in [0.15, 0.2) is 12.5 Å². The van der Waals surface area contributed by atoms with Gasteiger partial charge in [-0.05, 0) is 13.3 Å². The molecule has 0 saturated carbocycles. The van der Waals surface area contributed by atoms with Crippen LogP contribution in [-0.4, -0.2) is 79.8 Å². The maximum atomic E-state index is 12.3. The number of rotatable bonds is 13. The molecule has 31 heavy (non-hydrogen) atoms. The summed E-state index contributed by atoms with van der Waals surface area (Å²) < 4.78 is 0. The predicted octanol–water partition coefficient (Wildman–Crippen LogP) is -2.37. The van der Waals surface area contributed by atoms with Gasteiger partial charge in [0.2, 0.25) is 17.7 Å². The molecular formula is C17H26N6O7S. The third kappa shape index (κ3) is 9.04. The molecule has 1 aromatic heterocycles. The van der Waals surface area contributed by atoms with Crippen molar-refractivity contribution in [2.24, 2.45) is 5.73 Å². The van der Waals surface area contributed by atoms with Crippen molar-refractivity contribution in [3.8, 4) is 0 Å². The normalized spacial score (nSPS) is 14.5. The minimum absolute atomic E-state index is 0.164. The van der Waals surface area contributed by atoms with Crippen molar-refractivity contribution >= 4 is 42.3 Å². The number of thiol groups is 1. The Morgan fingerprint density at radius 1 is 1.10 bits per heavy atom. The first-order valence-corrected chi connectivity index (χ1v) is 9.87.